The van der Waals surface area contributed by atoms with Crippen molar-refractivity contribution in [3.05, 3.63) is 58.1 Å². The fourth-order valence-electron chi connectivity index (χ4n) is 6.60. The summed E-state index contributed by atoms with van der Waals surface area (Å²) in [5, 5.41) is 9.10. The average molecular weight is 674 g/mol. The van der Waals surface area contributed by atoms with Crippen LogP contribution in [0, 0.1) is 11.8 Å². The Morgan fingerprint density at radius 1 is 1.11 bits per heavy atom. The number of hydrogen-bond acceptors (Lipinski definition) is 6. The van der Waals surface area contributed by atoms with E-state index in [4.69, 9.17) is 22.1 Å². The average Bonchev–Trinajstić information content (AvgIpc) is 3.88. The quantitative estimate of drug-likeness (QED) is 0.110. The van der Waals surface area contributed by atoms with E-state index >= 15 is 0 Å². The smallest absolute Gasteiger partial charge is 0.322 e. The molecule has 1 heterocycles. The number of halogens is 3. The van der Waals surface area contributed by atoms with E-state index in [1.54, 1.807) is 0 Å². The number of carbonyl (C=O) groups is 3. The van der Waals surface area contributed by atoms with Crippen molar-refractivity contribution < 1.29 is 27.9 Å². The van der Waals surface area contributed by atoms with Crippen LogP contribution in [0.4, 0.5) is 25.0 Å². The molecule has 9 nitrogen and oxygen atoms in total. The maximum Gasteiger partial charge on any atom is 0.322 e. The molecule has 2 aliphatic carbocycles. The maximum absolute atomic E-state index is 14.2. The van der Waals surface area contributed by atoms with E-state index < -0.39 is 29.5 Å². The molecular weight excluding hydrogens is 628 g/mol. The largest absolute Gasteiger partial charge is 0.452 e. The molecule has 0 spiro atoms. The molecule has 256 valence electrons. The Bertz CT molecular complexity index is 1430. The predicted octanol–water partition coefficient (Wildman–Crippen LogP) is 6.03. The van der Waals surface area contributed by atoms with Crippen LogP contribution in [0.1, 0.15) is 75.0 Å². The number of amides is 3. The normalized spacial score (nSPS) is 20.5. The van der Waals surface area contributed by atoms with Gasteiger partial charge in [0.25, 0.3) is 11.8 Å². The van der Waals surface area contributed by atoms with Gasteiger partial charge in [-0.1, -0.05) is 29.8 Å². The minimum absolute atomic E-state index is 0.0495. The lowest BCUT2D eigenvalue weighted by molar-refractivity contribution is -0.156. The number of ether oxygens (including phenoxy) is 1. The van der Waals surface area contributed by atoms with Crippen molar-refractivity contribution >= 4 is 40.9 Å². The molecule has 5 N–H and O–H groups in total. The number of benzene rings is 2. The van der Waals surface area contributed by atoms with Crippen LogP contribution in [0.2, 0.25) is 5.02 Å². The number of para-hydroxylation sites is 1. The number of rotatable bonds is 14. The lowest BCUT2D eigenvalue weighted by atomic mass is 9.83. The summed E-state index contributed by atoms with van der Waals surface area (Å²) in [5.41, 5.74) is 7.48. The molecule has 2 aromatic carbocycles. The van der Waals surface area contributed by atoms with E-state index in [9.17, 15) is 23.2 Å². The zero-order valence-electron chi connectivity index (χ0n) is 27.0. The summed E-state index contributed by atoms with van der Waals surface area (Å²) >= 11 is 6.18. The molecule has 2 aromatic rings. The second-order valence-electron chi connectivity index (χ2n) is 13.3. The first-order valence-corrected chi connectivity index (χ1v) is 17.2. The molecule has 0 bridgehead atoms. The van der Waals surface area contributed by atoms with E-state index in [2.05, 4.69) is 16.0 Å². The lowest BCUT2D eigenvalue weighted by Gasteiger charge is -2.36. The molecule has 2 fully saturated rings. The van der Waals surface area contributed by atoms with Gasteiger partial charge in [-0.15, -0.1) is 0 Å². The summed E-state index contributed by atoms with van der Waals surface area (Å²) in [6, 6.07) is 10.6. The van der Waals surface area contributed by atoms with Gasteiger partial charge in [0.05, 0.1) is 10.7 Å². The number of urea groups is 1. The molecule has 2 saturated carbocycles. The highest BCUT2D eigenvalue weighted by atomic mass is 35.5. The van der Waals surface area contributed by atoms with Crippen molar-refractivity contribution in [2.45, 2.75) is 89.2 Å². The lowest BCUT2D eigenvalue weighted by Crippen LogP contribution is -2.44. The number of nitrogens with zero attached hydrogens (tertiary/aromatic N) is 1. The van der Waals surface area contributed by atoms with Gasteiger partial charge in [-0.25, -0.2) is 13.6 Å². The van der Waals surface area contributed by atoms with Crippen molar-refractivity contribution in [3.8, 4) is 0 Å². The predicted molar refractivity (Wildman–Crippen MR) is 178 cm³/mol. The third-order valence-electron chi connectivity index (χ3n) is 9.54. The zero-order chi connectivity index (χ0) is 33.6. The van der Waals surface area contributed by atoms with Crippen LogP contribution in [0.15, 0.2) is 36.4 Å². The van der Waals surface area contributed by atoms with Crippen molar-refractivity contribution in [3.63, 3.8) is 0 Å². The Balaban J connectivity index is 1.13. The van der Waals surface area contributed by atoms with Gasteiger partial charge < -0.3 is 31.3 Å². The summed E-state index contributed by atoms with van der Waals surface area (Å²) < 4.78 is 34.2. The van der Waals surface area contributed by atoms with E-state index in [0.29, 0.717) is 43.5 Å². The first kappa shape index (κ1) is 34.9. The molecule has 0 saturated heterocycles. The van der Waals surface area contributed by atoms with E-state index in [-0.39, 0.29) is 35.6 Å². The Labute approximate surface area is 280 Å². The fraction of sp³-hybridized carbons (Fsp3) is 0.571. The number of anilines is 2. The van der Waals surface area contributed by atoms with Crippen LogP contribution in [-0.2, 0) is 33.1 Å². The van der Waals surface area contributed by atoms with E-state index in [1.165, 1.54) is 25.0 Å². The molecule has 0 aromatic heterocycles. The van der Waals surface area contributed by atoms with E-state index in [0.717, 1.165) is 56.8 Å². The highest BCUT2D eigenvalue weighted by molar-refractivity contribution is 6.33. The number of hydrogen-bond donors (Lipinski definition) is 4. The van der Waals surface area contributed by atoms with Gasteiger partial charge in [-0.05, 0) is 99.1 Å². The molecule has 0 unspecified atom stereocenters. The summed E-state index contributed by atoms with van der Waals surface area (Å²) in [6.45, 7) is 3.20. The fourth-order valence-corrected chi connectivity index (χ4v) is 6.84. The standard InChI is InChI=1S/C35H46ClF2N5O4/c1-35(37,38)27-18-24(19-28(36)32(27)39)20-30(33(45)41-16-15-40-21-23-6-7-23)47-31(44)13-10-22-8-11-26(12-9-22)43-17-14-25-4-2-3-5-29(25)42-34(43)46/h2-5,18-19,22-23,26,30,40H,6-17,20-21,39H2,1H3,(H,41,45)(H,42,46)/t22?,26?,30-/m1/s1. The number of esters is 1. The number of nitrogen functional groups attached to an aromatic ring is 1. The SMILES string of the molecule is CC(F)(F)c1cc(C[C@@H](OC(=O)CCC2CCC(N3CCc4ccccc4NC3=O)CC2)C(=O)NCCNCC2CC2)cc(Cl)c1N. The van der Waals surface area contributed by atoms with E-state index in [1.807, 2.05) is 29.2 Å². The van der Waals surface area contributed by atoms with Gasteiger partial charge in [0.15, 0.2) is 6.10 Å². The molecule has 5 rings (SSSR count). The number of nitrogens with two attached hydrogens (primary N) is 1. The summed E-state index contributed by atoms with van der Waals surface area (Å²) in [6.07, 6.45) is 6.08. The van der Waals surface area contributed by atoms with Gasteiger partial charge >= 0.3 is 12.0 Å². The number of nitrogens with one attached hydrogen (secondary N) is 3. The number of fused-ring (bicyclic) bond motifs is 1. The first-order valence-electron chi connectivity index (χ1n) is 16.8. The van der Waals surface area contributed by atoms with Crippen LogP contribution in [0.3, 0.4) is 0 Å². The first-order chi connectivity index (χ1) is 22.5. The van der Waals surface area contributed by atoms with Crippen molar-refractivity contribution in [2.24, 2.45) is 11.8 Å². The Hall–Kier alpha value is -3.44. The van der Waals surface area contributed by atoms with Crippen LogP contribution < -0.4 is 21.7 Å². The van der Waals surface area contributed by atoms with Crippen molar-refractivity contribution in [1.29, 1.82) is 0 Å². The van der Waals surface area contributed by atoms with Crippen LogP contribution >= 0.6 is 11.6 Å². The highest BCUT2D eigenvalue weighted by Crippen LogP contribution is 2.37. The molecule has 12 heteroatoms. The Kier molecular flexibility index (Phi) is 11.6. The molecule has 3 aliphatic rings. The minimum atomic E-state index is -3.24. The van der Waals surface area contributed by atoms with Gasteiger partial charge in [-0.3, -0.25) is 9.59 Å². The zero-order valence-corrected chi connectivity index (χ0v) is 27.7. The Morgan fingerprint density at radius 3 is 2.55 bits per heavy atom. The van der Waals surface area contributed by atoms with Gasteiger partial charge in [0, 0.05) is 56.7 Å². The van der Waals surface area contributed by atoms with Crippen molar-refractivity contribution in [2.75, 3.05) is 37.2 Å². The molecule has 47 heavy (non-hydrogen) atoms. The second kappa shape index (κ2) is 15.6. The van der Waals surface area contributed by atoms with Crippen LogP contribution in [0.25, 0.3) is 0 Å². The van der Waals surface area contributed by atoms with Crippen LogP contribution in [0.5, 0.6) is 0 Å². The third kappa shape index (κ3) is 9.79. The van der Waals surface area contributed by atoms with Gasteiger partial charge in [-0.2, -0.15) is 0 Å². The molecule has 1 atom stereocenters. The minimum Gasteiger partial charge on any atom is -0.452 e. The molecular formula is C35H46ClF2N5O4. The Morgan fingerprint density at radius 2 is 1.83 bits per heavy atom. The molecule has 0 radical (unpaired) electrons. The highest BCUT2D eigenvalue weighted by Gasteiger charge is 2.33. The molecule has 1 aliphatic heterocycles. The second-order valence-corrected chi connectivity index (χ2v) is 13.7. The monoisotopic (exact) mass is 673 g/mol. The summed E-state index contributed by atoms with van der Waals surface area (Å²) in [4.78, 5) is 41.1. The molecule has 3 amide bonds. The third-order valence-corrected chi connectivity index (χ3v) is 9.85. The van der Waals surface area contributed by atoms with Crippen molar-refractivity contribution in [1.82, 2.24) is 15.5 Å². The number of carbonyl (C=O) groups excluding carboxylic acids is 3. The van der Waals surface area contributed by atoms with Crippen LogP contribution in [-0.4, -0.2) is 61.1 Å². The number of alkyl halides is 2. The topological polar surface area (TPSA) is 126 Å². The summed E-state index contributed by atoms with van der Waals surface area (Å²) in [5.74, 6) is -3.27. The maximum atomic E-state index is 14.2. The van der Waals surface area contributed by atoms with Gasteiger partial charge in [0.2, 0.25) is 0 Å². The van der Waals surface area contributed by atoms with Gasteiger partial charge in [0.1, 0.15) is 0 Å². The summed E-state index contributed by atoms with van der Waals surface area (Å²) in [7, 11) is 0.